The summed E-state index contributed by atoms with van der Waals surface area (Å²) in [5.74, 6) is -1.03. The molecule has 8 heteroatoms. The summed E-state index contributed by atoms with van der Waals surface area (Å²) in [6.07, 6.45) is 2.56. The summed E-state index contributed by atoms with van der Waals surface area (Å²) in [4.78, 5) is 15.9. The third-order valence-electron chi connectivity index (χ3n) is 7.01. The largest absolute Gasteiger partial charge is 0.396 e. The number of aliphatic hydroxyl groups excluding tert-OH is 1. The summed E-state index contributed by atoms with van der Waals surface area (Å²) in [5.41, 5.74) is 7.25. The molecule has 5 nitrogen and oxygen atoms in total. The van der Waals surface area contributed by atoms with E-state index in [4.69, 9.17) is 28.9 Å². The number of hydrogen-bond donors (Lipinski definition) is 3. The van der Waals surface area contributed by atoms with E-state index in [9.17, 15) is 9.90 Å². The second kappa shape index (κ2) is 8.58. The van der Waals surface area contributed by atoms with E-state index in [1.54, 1.807) is 24.3 Å². The Kier molecular flexibility index (Phi) is 6.29. The number of anilines is 1. The SMILES string of the molecule is C.N[C@@H]1[C@H](CCO)N(CC2CC2)[C@@]2(C(=O)Nc3cc(Cl)ccc32)[C@H]1c1cccc(Cl)c1F. The Bertz CT molecular complexity index is 1050. The summed E-state index contributed by atoms with van der Waals surface area (Å²) < 4.78 is 15.3. The lowest BCUT2D eigenvalue weighted by Gasteiger charge is -2.39. The Labute approximate surface area is 197 Å². The lowest BCUT2D eigenvalue weighted by molar-refractivity contribution is -0.128. The van der Waals surface area contributed by atoms with Crippen molar-refractivity contribution in [3.63, 3.8) is 0 Å². The predicted octanol–water partition coefficient (Wildman–Crippen LogP) is 4.50. The molecule has 1 saturated heterocycles. The molecule has 32 heavy (non-hydrogen) atoms. The highest BCUT2D eigenvalue weighted by Crippen LogP contribution is 2.58. The fourth-order valence-electron chi connectivity index (χ4n) is 5.57. The van der Waals surface area contributed by atoms with Gasteiger partial charge in [0.05, 0.1) is 5.02 Å². The van der Waals surface area contributed by atoms with Crippen LogP contribution < -0.4 is 11.1 Å². The Hall–Kier alpha value is -1.70. The van der Waals surface area contributed by atoms with Crippen molar-refractivity contribution < 1.29 is 14.3 Å². The van der Waals surface area contributed by atoms with Crippen molar-refractivity contribution in [1.82, 2.24) is 4.90 Å². The molecule has 1 aliphatic carbocycles. The number of benzene rings is 2. The van der Waals surface area contributed by atoms with Crippen molar-refractivity contribution in [2.45, 2.75) is 50.2 Å². The van der Waals surface area contributed by atoms with E-state index >= 15 is 4.39 Å². The summed E-state index contributed by atoms with van der Waals surface area (Å²) in [5, 5.41) is 13.3. The van der Waals surface area contributed by atoms with Gasteiger partial charge >= 0.3 is 0 Å². The van der Waals surface area contributed by atoms with Gasteiger partial charge in [0.1, 0.15) is 11.4 Å². The van der Waals surface area contributed by atoms with E-state index in [1.165, 1.54) is 6.07 Å². The summed E-state index contributed by atoms with van der Waals surface area (Å²) in [6.45, 7) is 0.585. The third kappa shape index (κ3) is 3.35. The maximum atomic E-state index is 15.3. The molecule has 1 amide bonds. The molecule has 1 saturated carbocycles. The van der Waals surface area contributed by atoms with Gasteiger partial charge in [-0.3, -0.25) is 9.69 Å². The molecule has 4 atom stereocenters. The van der Waals surface area contributed by atoms with E-state index in [0.717, 1.165) is 18.4 Å². The molecule has 4 N–H and O–H groups in total. The van der Waals surface area contributed by atoms with Crippen LogP contribution in [0.4, 0.5) is 10.1 Å². The number of rotatable bonds is 5. The third-order valence-corrected chi connectivity index (χ3v) is 7.54. The Morgan fingerprint density at radius 2 is 2.00 bits per heavy atom. The molecule has 2 aliphatic heterocycles. The number of nitrogens with zero attached hydrogens (tertiary/aromatic N) is 1. The minimum Gasteiger partial charge on any atom is -0.396 e. The first-order valence-electron chi connectivity index (χ1n) is 10.6. The molecule has 172 valence electrons. The maximum absolute atomic E-state index is 15.3. The molecule has 3 aliphatic rings. The maximum Gasteiger partial charge on any atom is 0.250 e. The normalized spacial score (nSPS) is 29.2. The number of nitrogens with two attached hydrogens (primary N) is 1. The molecule has 2 aromatic rings. The number of aliphatic hydroxyl groups is 1. The standard InChI is InChI=1S/C23H24Cl2FN3O2.CH4/c24-13-6-7-15-17(10-13)28-22(31)23(15)19(14-2-1-3-16(25)20(14)26)21(27)18(8-9-30)29(23)11-12-4-5-12;/h1-3,6-7,10,12,18-19,21,30H,4-5,8-9,11,27H2,(H,28,31);1H4/t18-,19-,21+,23+;/m0./s1. The quantitative estimate of drug-likeness (QED) is 0.589. The minimum atomic E-state index is -1.20. The zero-order chi connectivity index (χ0) is 21.9. The number of amides is 1. The van der Waals surface area contributed by atoms with Crippen LogP contribution >= 0.6 is 23.2 Å². The second-order valence-electron chi connectivity index (χ2n) is 8.78. The van der Waals surface area contributed by atoms with Crippen molar-refractivity contribution in [2.24, 2.45) is 11.7 Å². The van der Waals surface area contributed by atoms with Gasteiger partial charge in [-0.2, -0.15) is 0 Å². The van der Waals surface area contributed by atoms with Gasteiger partial charge in [-0.1, -0.05) is 48.8 Å². The fourth-order valence-corrected chi connectivity index (χ4v) is 5.92. The molecular formula is C24H28Cl2FN3O2. The van der Waals surface area contributed by atoms with Gasteiger partial charge in [-0.05, 0) is 48.9 Å². The highest BCUT2D eigenvalue weighted by molar-refractivity contribution is 6.31. The molecule has 0 unspecified atom stereocenters. The van der Waals surface area contributed by atoms with Crippen molar-refractivity contribution in [3.05, 3.63) is 63.4 Å². The lowest BCUT2D eigenvalue weighted by Crippen LogP contribution is -2.52. The van der Waals surface area contributed by atoms with Gasteiger partial charge in [0.15, 0.2) is 0 Å². The molecule has 2 fully saturated rings. The van der Waals surface area contributed by atoms with E-state index < -0.39 is 23.3 Å². The number of fused-ring (bicyclic) bond motifs is 2. The van der Waals surface area contributed by atoms with Crippen LogP contribution in [0.25, 0.3) is 0 Å². The minimum absolute atomic E-state index is 0. The molecule has 5 rings (SSSR count). The summed E-state index contributed by atoms with van der Waals surface area (Å²) >= 11 is 12.3. The van der Waals surface area contributed by atoms with E-state index in [1.807, 2.05) is 6.07 Å². The summed E-state index contributed by atoms with van der Waals surface area (Å²) in [7, 11) is 0. The topological polar surface area (TPSA) is 78.6 Å². The van der Waals surface area contributed by atoms with Crippen LogP contribution in [0.15, 0.2) is 36.4 Å². The van der Waals surface area contributed by atoms with E-state index in [0.29, 0.717) is 35.2 Å². The van der Waals surface area contributed by atoms with E-state index in [-0.39, 0.29) is 31.0 Å². The zero-order valence-electron chi connectivity index (χ0n) is 16.8. The molecular weight excluding hydrogens is 452 g/mol. The highest BCUT2D eigenvalue weighted by Gasteiger charge is 2.66. The molecule has 1 spiro atoms. The number of likely N-dealkylation sites (tertiary alicyclic amines) is 1. The van der Waals surface area contributed by atoms with Gasteiger partial charge < -0.3 is 16.2 Å². The summed E-state index contributed by atoms with van der Waals surface area (Å²) in [6, 6.07) is 9.26. The van der Waals surface area contributed by atoms with Crippen molar-refractivity contribution in [3.8, 4) is 0 Å². The van der Waals surface area contributed by atoms with Gasteiger partial charge in [0, 0.05) is 47.4 Å². The average Bonchev–Trinajstić information content (AvgIpc) is 3.46. The number of carbonyl (C=O) groups is 1. The fraction of sp³-hybridized carbons (Fsp3) is 0.458. The molecule has 2 aromatic carbocycles. The van der Waals surface area contributed by atoms with Crippen LogP contribution in [0.3, 0.4) is 0 Å². The molecule has 0 bridgehead atoms. The first-order valence-corrected chi connectivity index (χ1v) is 11.3. The van der Waals surface area contributed by atoms with Gasteiger partial charge in [0.25, 0.3) is 0 Å². The van der Waals surface area contributed by atoms with Crippen molar-refractivity contribution in [2.75, 3.05) is 18.5 Å². The average molecular weight is 480 g/mol. The lowest BCUT2D eigenvalue weighted by atomic mass is 9.73. The van der Waals surface area contributed by atoms with Crippen LogP contribution in [0.2, 0.25) is 10.0 Å². The zero-order valence-corrected chi connectivity index (χ0v) is 18.3. The smallest absolute Gasteiger partial charge is 0.250 e. The first kappa shape index (κ1) is 23.5. The van der Waals surface area contributed by atoms with Gasteiger partial charge in [0.2, 0.25) is 5.91 Å². The van der Waals surface area contributed by atoms with Crippen molar-refractivity contribution >= 4 is 34.8 Å². The first-order chi connectivity index (χ1) is 14.9. The number of hydrogen-bond acceptors (Lipinski definition) is 4. The Balaban J connectivity index is 0.00000245. The molecule has 0 aromatic heterocycles. The molecule has 0 radical (unpaired) electrons. The van der Waals surface area contributed by atoms with Gasteiger partial charge in [-0.25, -0.2) is 4.39 Å². The second-order valence-corrected chi connectivity index (χ2v) is 9.63. The highest BCUT2D eigenvalue weighted by atomic mass is 35.5. The van der Waals surface area contributed by atoms with Crippen LogP contribution in [0.1, 0.15) is 43.7 Å². The van der Waals surface area contributed by atoms with Crippen LogP contribution in [0.5, 0.6) is 0 Å². The Morgan fingerprint density at radius 3 is 2.69 bits per heavy atom. The van der Waals surface area contributed by atoms with Crippen LogP contribution in [0, 0.1) is 11.7 Å². The van der Waals surface area contributed by atoms with Crippen LogP contribution in [-0.2, 0) is 10.3 Å². The van der Waals surface area contributed by atoms with E-state index in [2.05, 4.69) is 10.2 Å². The van der Waals surface area contributed by atoms with Crippen molar-refractivity contribution in [1.29, 1.82) is 0 Å². The number of nitrogens with one attached hydrogen (secondary N) is 1. The number of halogens is 3. The van der Waals surface area contributed by atoms with Crippen LogP contribution in [-0.4, -0.2) is 41.1 Å². The number of carbonyl (C=O) groups excluding carboxylic acids is 1. The van der Waals surface area contributed by atoms with Gasteiger partial charge in [-0.15, -0.1) is 0 Å². The molecule has 2 heterocycles. The predicted molar refractivity (Wildman–Crippen MR) is 126 cm³/mol. The monoisotopic (exact) mass is 479 g/mol. The Morgan fingerprint density at radius 1 is 1.25 bits per heavy atom.